The summed E-state index contributed by atoms with van der Waals surface area (Å²) in [6.07, 6.45) is 2.22. The number of aromatic amines is 1. The van der Waals surface area contributed by atoms with Crippen LogP contribution in [-0.4, -0.2) is 30.1 Å². The minimum absolute atomic E-state index is 0.108. The summed E-state index contributed by atoms with van der Waals surface area (Å²) in [5, 5.41) is 3.92. The summed E-state index contributed by atoms with van der Waals surface area (Å²) in [5.74, 6) is 0.665. The lowest BCUT2D eigenvalue weighted by atomic mass is 10.2. The van der Waals surface area contributed by atoms with Crippen molar-refractivity contribution in [2.24, 2.45) is 0 Å². The molecule has 4 rings (SSSR count). The number of aromatic nitrogens is 1. The molecule has 0 aliphatic carbocycles. The van der Waals surface area contributed by atoms with Gasteiger partial charge in [-0.25, -0.2) is 0 Å². The van der Waals surface area contributed by atoms with Crippen molar-refractivity contribution < 1.29 is 14.3 Å². The zero-order valence-electron chi connectivity index (χ0n) is 14.5. The molecule has 5 nitrogen and oxygen atoms in total. The Labute approximate surface area is 152 Å². The van der Waals surface area contributed by atoms with Crippen molar-refractivity contribution in [3.05, 3.63) is 65.9 Å². The maximum absolute atomic E-state index is 12.3. The molecule has 1 amide bonds. The first-order valence-corrected chi connectivity index (χ1v) is 8.97. The number of ether oxygens (including phenoxy) is 2. The van der Waals surface area contributed by atoms with E-state index in [-0.39, 0.29) is 12.0 Å². The number of rotatable bonds is 6. The fourth-order valence-corrected chi connectivity index (χ4v) is 3.17. The van der Waals surface area contributed by atoms with Gasteiger partial charge in [-0.05, 0) is 36.6 Å². The number of nitrogens with one attached hydrogen (secondary N) is 2. The average Bonchev–Trinajstić information content (AvgIpc) is 3.34. The van der Waals surface area contributed by atoms with Crippen molar-refractivity contribution in [2.45, 2.75) is 25.6 Å². The van der Waals surface area contributed by atoms with Gasteiger partial charge in [0.05, 0.1) is 6.10 Å². The highest BCUT2D eigenvalue weighted by atomic mass is 16.5. The molecule has 0 bridgehead atoms. The van der Waals surface area contributed by atoms with Crippen LogP contribution in [0.3, 0.4) is 0 Å². The number of benzene rings is 2. The molecule has 134 valence electrons. The van der Waals surface area contributed by atoms with Crippen molar-refractivity contribution in [1.29, 1.82) is 0 Å². The van der Waals surface area contributed by atoms with Gasteiger partial charge in [0.1, 0.15) is 18.1 Å². The third-order valence-electron chi connectivity index (χ3n) is 4.60. The van der Waals surface area contributed by atoms with Gasteiger partial charge >= 0.3 is 0 Å². The van der Waals surface area contributed by atoms with Crippen LogP contribution < -0.4 is 10.1 Å². The third kappa shape index (κ3) is 3.89. The molecule has 1 unspecified atom stereocenters. The fraction of sp³-hybridized carbons (Fsp3) is 0.286. The summed E-state index contributed by atoms with van der Waals surface area (Å²) in [6.45, 7) is 1.86. The molecular formula is C21H22N2O3. The Morgan fingerprint density at radius 1 is 1.19 bits per heavy atom. The Balaban J connectivity index is 1.40. The Bertz CT molecular complexity index is 883. The first kappa shape index (κ1) is 16.7. The van der Waals surface area contributed by atoms with E-state index in [9.17, 15) is 4.79 Å². The molecule has 2 aromatic carbocycles. The summed E-state index contributed by atoms with van der Waals surface area (Å²) < 4.78 is 11.4. The van der Waals surface area contributed by atoms with Crippen LogP contribution in [0.4, 0.5) is 0 Å². The minimum Gasteiger partial charge on any atom is -0.489 e. The van der Waals surface area contributed by atoms with Crippen molar-refractivity contribution >= 4 is 16.8 Å². The Morgan fingerprint density at radius 3 is 2.88 bits per heavy atom. The predicted molar refractivity (Wildman–Crippen MR) is 100 cm³/mol. The van der Waals surface area contributed by atoms with E-state index in [0.29, 0.717) is 18.8 Å². The molecule has 2 N–H and O–H groups in total. The topological polar surface area (TPSA) is 63.4 Å². The molecule has 0 spiro atoms. The van der Waals surface area contributed by atoms with Gasteiger partial charge in [0.15, 0.2) is 0 Å². The van der Waals surface area contributed by atoms with Crippen LogP contribution in [0.2, 0.25) is 0 Å². The second-order valence-corrected chi connectivity index (χ2v) is 6.55. The standard InChI is InChI=1S/C21H22N2O3/c24-21(22-13-18-7-4-10-25-18)20-11-16-8-9-17(12-19(16)23-20)26-14-15-5-2-1-3-6-15/h1-3,5-6,8-9,11-12,18,23H,4,7,10,13-14H2,(H,22,24). The minimum atomic E-state index is -0.108. The Kier molecular flexibility index (Phi) is 4.88. The highest BCUT2D eigenvalue weighted by molar-refractivity contribution is 5.98. The van der Waals surface area contributed by atoms with Crippen LogP contribution in [0, 0.1) is 0 Å². The fourth-order valence-electron chi connectivity index (χ4n) is 3.17. The number of hydrogen-bond acceptors (Lipinski definition) is 3. The molecule has 0 radical (unpaired) electrons. The summed E-state index contributed by atoms with van der Waals surface area (Å²) in [7, 11) is 0. The number of carbonyl (C=O) groups excluding carboxylic acids is 1. The molecule has 1 saturated heterocycles. The highest BCUT2D eigenvalue weighted by Gasteiger charge is 2.17. The monoisotopic (exact) mass is 350 g/mol. The number of fused-ring (bicyclic) bond motifs is 1. The molecule has 1 aliphatic rings. The summed E-state index contributed by atoms with van der Waals surface area (Å²) in [6, 6.07) is 17.7. The van der Waals surface area contributed by atoms with E-state index >= 15 is 0 Å². The van der Waals surface area contributed by atoms with Crippen LogP contribution in [0.1, 0.15) is 28.9 Å². The first-order chi connectivity index (χ1) is 12.8. The molecule has 1 atom stereocenters. The van der Waals surface area contributed by atoms with Gasteiger partial charge < -0.3 is 19.8 Å². The van der Waals surface area contributed by atoms with E-state index in [1.165, 1.54) is 0 Å². The van der Waals surface area contributed by atoms with E-state index in [4.69, 9.17) is 9.47 Å². The lowest BCUT2D eigenvalue weighted by Crippen LogP contribution is -2.31. The summed E-state index contributed by atoms with van der Waals surface area (Å²) in [4.78, 5) is 15.5. The van der Waals surface area contributed by atoms with Gasteiger partial charge in [0.2, 0.25) is 0 Å². The van der Waals surface area contributed by atoms with Crippen molar-refractivity contribution in [3.8, 4) is 5.75 Å². The molecule has 1 aromatic heterocycles. The second-order valence-electron chi connectivity index (χ2n) is 6.55. The molecule has 2 heterocycles. The van der Waals surface area contributed by atoms with Crippen molar-refractivity contribution in [3.63, 3.8) is 0 Å². The maximum Gasteiger partial charge on any atom is 0.267 e. The van der Waals surface area contributed by atoms with Gasteiger partial charge in [0.25, 0.3) is 5.91 Å². The Morgan fingerprint density at radius 2 is 2.08 bits per heavy atom. The zero-order chi connectivity index (χ0) is 17.8. The van der Waals surface area contributed by atoms with Crippen LogP contribution in [0.5, 0.6) is 5.75 Å². The van der Waals surface area contributed by atoms with Crippen LogP contribution in [0.15, 0.2) is 54.6 Å². The molecule has 5 heteroatoms. The van der Waals surface area contributed by atoms with E-state index in [1.54, 1.807) is 0 Å². The van der Waals surface area contributed by atoms with Gasteiger partial charge in [-0.1, -0.05) is 30.3 Å². The predicted octanol–water partition coefficient (Wildman–Crippen LogP) is 3.66. The van der Waals surface area contributed by atoms with E-state index in [2.05, 4.69) is 10.3 Å². The third-order valence-corrected chi connectivity index (χ3v) is 4.60. The molecule has 26 heavy (non-hydrogen) atoms. The van der Waals surface area contributed by atoms with Gasteiger partial charge in [-0.3, -0.25) is 4.79 Å². The lowest BCUT2D eigenvalue weighted by molar-refractivity contribution is 0.0854. The van der Waals surface area contributed by atoms with Crippen molar-refractivity contribution in [1.82, 2.24) is 10.3 Å². The lowest BCUT2D eigenvalue weighted by Gasteiger charge is -2.09. The van der Waals surface area contributed by atoms with E-state index in [0.717, 1.165) is 41.7 Å². The quantitative estimate of drug-likeness (QED) is 0.713. The van der Waals surface area contributed by atoms with Gasteiger partial charge in [-0.2, -0.15) is 0 Å². The average molecular weight is 350 g/mol. The van der Waals surface area contributed by atoms with E-state index < -0.39 is 0 Å². The maximum atomic E-state index is 12.3. The van der Waals surface area contributed by atoms with Gasteiger partial charge in [0, 0.05) is 30.1 Å². The number of amides is 1. The van der Waals surface area contributed by atoms with Gasteiger partial charge in [-0.15, -0.1) is 0 Å². The first-order valence-electron chi connectivity index (χ1n) is 8.97. The van der Waals surface area contributed by atoms with Crippen LogP contribution in [0.25, 0.3) is 10.9 Å². The number of carbonyl (C=O) groups is 1. The zero-order valence-corrected chi connectivity index (χ0v) is 14.5. The SMILES string of the molecule is O=C(NCC1CCCO1)c1cc2ccc(OCc3ccccc3)cc2[nH]1. The molecule has 0 saturated carbocycles. The number of hydrogen-bond donors (Lipinski definition) is 2. The normalized spacial score (nSPS) is 16.7. The van der Waals surface area contributed by atoms with E-state index in [1.807, 2.05) is 54.6 Å². The smallest absolute Gasteiger partial charge is 0.267 e. The summed E-state index contributed by atoms with van der Waals surface area (Å²) >= 11 is 0. The molecule has 1 aliphatic heterocycles. The Hall–Kier alpha value is -2.79. The molecule has 1 fully saturated rings. The highest BCUT2D eigenvalue weighted by Crippen LogP contribution is 2.22. The van der Waals surface area contributed by atoms with Crippen LogP contribution in [-0.2, 0) is 11.3 Å². The van der Waals surface area contributed by atoms with Crippen LogP contribution >= 0.6 is 0 Å². The largest absolute Gasteiger partial charge is 0.489 e. The van der Waals surface area contributed by atoms with Crippen molar-refractivity contribution in [2.75, 3.05) is 13.2 Å². The number of H-pyrrole nitrogens is 1. The summed E-state index contributed by atoms with van der Waals surface area (Å²) in [5.41, 5.74) is 2.56. The second kappa shape index (κ2) is 7.62. The molecular weight excluding hydrogens is 328 g/mol. The molecule has 3 aromatic rings.